The van der Waals surface area contributed by atoms with E-state index in [1.807, 2.05) is 17.0 Å². The molecule has 2 aliphatic rings. The van der Waals surface area contributed by atoms with E-state index in [4.69, 9.17) is 16.3 Å². The molecule has 1 aromatic carbocycles. The summed E-state index contributed by atoms with van der Waals surface area (Å²) < 4.78 is 8.97. The van der Waals surface area contributed by atoms with Crippen LogP contribution in [0, 0.1) is 0 Å². The molecule has 11 heteroatoms. The molecule has 1 unspecified atom stereocenters. The molecule has 2 aliphatic heterocycles. The average molecular weight is 496 g/mol. The van der Waals surface area contributed by atoms with Crippen molar-refractivity contribution in [2.45, 2.75) is 30.1 Å². The van der Waals surface area contributed by atoms with Gasteiger partial charge in [-0.15, -0.1) is 0 Å². The molecule has 32 heavy (non-hydrogen) atoms. The minimum absolute atomic E-state index is 0.0640. The van der Waals surface area contributed by atoms with Gasteiger partial charge in [-0.2, -0.15) is 0 Å². The molecule has 1 spiro atoms. The molecule has 0 radical (unpaired) electrons. The lowest BCUT2D eigenvalue weighted by Crippen LogP contribution is -2.41. The van der Waals surface area contributed by atoms with E-state index in [1.165, 1.54) is 17.5 Å². The third-order valence-electron chi connectivity index (χ3n) is 5.84. The zero-order chi connectivity index (χ0) is 22.7. The van der Waals surface area contributed by atoms with E-state index in [0.717, 1.165) is 42.1 Å². The Balaban J connectivity index is 1.56. The summed E-state index contributed by atoms with van der Waals surface area (Å²) in [6, 6.07) is 5.92. The predicted molar refractivity (Wildman–Crippen MR) is 129 cm³/mol. The maximum Gasteiger partial charge on any atom is 0.328 e. The van der Waals surface area contributed by atoms with Crippen LogP contribution in [-0.4, -0.2) is 61.7 Å². The molecule has 3 heterocycles. The Hall–Kier alpha value is -1.85. The van der Waals surface area contributed by atoms with Crippen molar-refractivity contribution in [3.05, 3.63) is 34.3 Å². The molecule has 1 atom stereocenters. The lowest BCUT2D eigenvalue weighted by molar-refractivity contribution is -0.127. The van der Waals surface area contributed by atoms with Crippen LogP contribution >= 0.6 is 34.9 Å². The monoisotopic (exact) mass is 495 g/mol. The van der Waals surface area contributed by atoms with Gasteiger partial charge in [0.05, 0.1) is 6.20 Å². The van der Waals surface area contributed by atoms with Gasteiger partial charge in [-0.25, -0.2) is 9.78 Å². The fourth-order valence-electron chi connectivity index (χ4n) is 4.28. The Kier molecular flexibility index (Phi) is 7.26. The summed E-state index contributed by atoms with van der Waals surface area (Å²) in [6.45, 7) is 4.98. The molecular formula is C21H26ClN5O3S2. The van der Waals surface area contributed by atoms with Crippen LogP contribution in [0.2, 0.25) is 4.34 Å². The topological polar surface area (TPSA) is 86.8 Å². The Morgan fingerprint density at radius 1 is 1.38 bits per heavy atom. The fraction of sp³-hybridized carbons (Fsp3) is 0.476. The third kappa shape index (κ3) is 4.89. The summed E-state index contributed by atoms with van der Waals surface area (Å²) in [6.07, 6.45) is 3.27. The molecule has 3 amide bonds. The van der Waals surface area contributed by atoms with Crippen molar-refractivity contribution in [3.63, 3.8) is 0 Å². The van der Waals surface area contributed by atoms with Gasteiger partial charge in [-0.3, -0.25) is 19.7 Å². The number of hydrogen-bond acceptors (Lipinski definition) is 7. The number of nitrogens with zero attached hydrogens (tertiary/aromatic N) is 3. The maximum atomic E-state index is 13.1. The SMILES string of the molecule is COCCCNSc1ccc2c(c1)C1(CCN(C(C)=O)C1)CN2C(=O)Nc1ncc(Cl)s1. The first-order chi connectivity index (χ1) is 15.4. The van der Waals surface area contributed by atoms with Gasteiger partial charge < -0.3 is 9.64 Å². The molecule has 2 aromatic rings. The Morgan fingerprint density at radius 3 is 2.91 bits per heavy atom. The number of likely N-dealkylation sites (tertiary alicyclic amines) is 1. The number of hydrogen-bond donors (Lipinski definition) is 2. The molecular weight excluding hydrogens is 470 g/mol. The van der Waals surface area contributed by atoms with E-state index in [1.54, 1.807) is 30.9 Å². The molecule has 2 N–H and O–H groups in total. The Morgan fingerprint density at radius 2 is 2.22 bits per heavy atom. The van der Waals surface area contributed by atoms with E-state index in [9.17, 15) is 9.59 Å². The first kappa shape index (κ1) is 23.3. The minimum Gasteiger partial charge on any atom is -0.385 e. The second-order valence-electron chi connectivity index (χ2n) is 7.98. The predicted octanol–water partition coefficient (Wildman–Crippen LogP) is 3.97. The molecule has 1 fully saturated rings. The summed E-state index contributed by atoms with van der Waals surface area (Å²) in [5.41, 5.74) is 1.71. The summed E-state index contributed by atoms with van der Waals surface area (Å²) >= 11 is 8.75. The van der Waals surface area contributed by atoms with Crippen LogP contribution in [0.1, 0.15) is 25.3 Å². The molecule has 0 aliphatic carbocycles. The van der Waals surface area contributed by atoms with Crippen LogP contribution in [-0.2, 0) is 14.9 Å². The summed E-state index contributed by atoms with van der Waals surface area (Å²) in [4.78, 5) is 34.0. The number of aromatic nitrogens is 1. The summed E-state index contributed by atoms with van der Waals surface area (Å²) in [7, 11) is 1.70. The molecule has 8 nitrogen and oxygen atoms in total. The lowest BCUT2D eigenvalue weighted by atomic mass is 9.81. The second kappa shape index (κ2) is 9.96. The van der Waals surface area contributed by atoms with Crippen molar-refractivity contribution in [2.75, 3.05) is 50.1 Å². The first-order valence-electron chi connectivity index (χ1n) is 10.4. The van der Waals surface area contributed by atoms with Gasteiger partial charge >= 0.3 is 6.03 Å². The van der Waals surface area contributed by atoms with Gasteiger partial charge in [0.15, 0.2) is 5.13 Å². The third-order valence-corrected chi connectivity index (χ3v) is 7.71. The quantitative estimate of drug-likeness (QED) is 0.446. The number of nitrogens with one attached hydrogen (secondary N) is 2. The molecule has 4 rings (SSSR count). The van der Waals surface area contributed by atoms with E-state index in [0.29, 0.717) is 29.1 Å². The normalized spacial score (nSPS) is 19.6. The lowest BCUT2D eigenvalue weighted by Gasteiger charge is -2.25. The van der Waals surface area contributed by atoms with Crippen LogP contribution in [0.3, 0.4) is 0 Å². The van der Waals surface area contributed by atoms with Crippen molar-refractivity contribution in [1.82, 2.24) is 14.6 Å². The van der Waals surface area contributed by atoms with Crippen LogP contribution in [0.4, 0.5) is 15.6 Å². The maximum absolute atomic E-state index is 13.1. The van der Waals surface area contributed by atoms with Crippen LogP contribution in [0.25, 0.3) is 0 Å². The Bertz CT molecular complexity index is 1000. The van der Waals surface area contributed by atoms with E-state index < -0.39 is 0 Å². The number of benzene rings is 1. The number of carbonyl (C=O) groups excluding carboxylic acids is 2. The molecule has 172 valence electrons. The molecule has 0 bridgehead atoms. The highest BCUT2D eigenvalue weighted by atomic mass is 35.5. The highest BCUT2D eigenvalue weighted by Crippen LogP contribution is 2.47. The number of rotatable bonds is 7. The number of halogens is 1. The minimum atomic E-state index is -0.272. The smallest absolute Gasteiger partial charge is 0.328 e. The number of urea groups is 1. The average Bonchev–Trinajstić information content (AvgIpc) is 3.47. The number of ether oxygens (including phenoxy) is 1. The van der Waals surface area contributed by atoms with E-state index >= 15 is 0 Å². The number of anilines is 2. The zero-order valence-corrected chi connectivity index (χ0v) is 20.4. The number of amides is 3. The molecule has 1 saturated heterocycles. The van der Waals surface area contributed by atoms with Crippen LogP contribution in [0.15, 0.2) is 29.3 Å². The van der Waals surface area contributed by atoms with Gasteiger partial charge in [0, 0.05) is 62.8 Å². The highest BCUT2D eigenvalue weighted by Gasteiger charge is 2.49. The van der Waals surface area contributed by atoms with E-state index in [2.05, 4.69) is 21.1 Å². The number of thiazole rings is 1. The first-order valence-corrected chi connectivity index (χ1v) is 12.4. The van der Waals surface area contributed by atoms with Crippen molar-refractivity contribution < 1.29 is 14.3 Å². The van der Waals surface area contributed by atoms with Crippen LogP contribution in [0.5, 0.6) is 0 Å². The van der Waals surface area contributed by atoms with Crippen molar-refractivity contribution >= 4 is 57.6 Å². The summed E-state index contributed by atoms with van der Waals surface area (Å²) in [5.74, 6) is 0.0640. The standard InChI is InChI=1S/C21H26ClN5O3S2/c1-14(28)26-8-6-21(12-26)13-27(20(29)25-19-23-11-18(22)31-19)17-5-4-15(10-16(17)21)32-24-7-3-9-30-2/h4-5,10-11,24H,3,6-9,12-13H2,1-2H3,(H,23,25,29). The van der Waals surface area contributed by atoms with Gasteiger partial charge in [-0.1, -0.05) is 22.9 Å². The Labute approximate surface area is 200 Å². The van der Waals surface area contributed by atoms with Gasteiger partial charge in [-0.05, 0) is 48.6 Å². The van der Waals surface area contributed by atoms with Crippen molar-refractivity contribution in [2.24, 2.45) is 0 Å². The summed E-state index contributed by atoms with van der Waals surface area (Å²) in [5, 5.41) is 3.32. The number of fused-ring (bicyclic) bond motifs is 2. The van der Waals surface area contributed by atoms with E-state index in [-0.39, 0.29) is 17.4 Å². The number of methoxy groups -OCH3 is 1. The molecule has 1 aromatic heterocycles. The van der Waals surface area contributed by atoms with Crippen molar-refractivity contribution in [1.29, 1.82) is 0 Å². The van der Waals surface area contributed by atoms with Crippen molar-refractivity contribution in [3.8, 4) is 0 Å². The van der Waals surface area contributed by atoms with Crippen LogP contribution < -0.4 is 14.9 Å². The fourth-order valence-corrected chi connectivity index (χ4v) is 5.81. The largest absolute Gasteiger partial charge is 0.385 e. The second-order valence-corrected chi connectivity index (χ2v) is 10.6. The number of carbonyl (C=O) groups is 2. The van der Waals surface area contributed by atoms with Gasteiger partial charge in [0.25, 0.3) is 0 Å². The zero-order valence-electron chi connectivity index (χ0n) is 18.0. The van der Waals surface area contributed by atoms with Gasteiger partial charge in [0.1, 0.15) is 4.34 Å². The highest BCUT2D eigenvalue weighted by molar-refractivity contribution is 7.97. The van der Waals surface area contributed by atoms with Gasteiger partial charge in [0.2, 0.25) is 5.91 Å². The molecule has 0 saturated carbocycles.